The maximum Gasteiger partial charge on any atom is 0.320 e. The first-order chi connectivity index (χ1) is 16.4. The van der Waals surface area contributed by atoms with Gasteiger partial charge in [-0.25, -0.2) is 0 Å². The minimum Gasteiger partial charge on any atom is -0.465 e. The summed E-state index contributed by atoms with van der Waals surface area (Å²) in [4.78, 5) is 28.9. The fraction of sp³-hybridized carbons (Fsp3) is 0.520. The van der Waals surface area contributed by atoms with Crippen LogP contribution < -0.4 is 10.6 Å². The van der Waals surface area contributed by atoms with Gasteiger partial charge in [-0.3, -0.25) is 14.5 Å². The van der Waals surface area contributed by atoms with Crippen LogP contribution in [0.25, 0.3) is 11.0 Å². The first kappa shape index (κ1) is 23.1. The molecular weight excluding hydrogens is 456 g/mol. The average Bonchev–Trinajstić information content (AvgIpc) is 3.23. The Labute approximate surface area is 204 Å². The number of piperazine rings is 1. The number of carbonyl (C=O) groups excluding carboxylic acids is 2. The third-order valence-corrected chi connectivity index (χ3v) is 7.44. The van der Waals surface area contributed by atoms with Crippen molar-refractivity contribution in [2.75, 3.05) is 44.6 Å². The summed E-state index contributed by atoms with van der Waals surface area (Å²) in [6.45, 7) is 8.81. The van der Waals surface area contributed by atoms with Gasteiger partial charge in [-0.05, 0) is 31.9 Å². The average molecular weight is 487 g/mol. The number of nitrogens with one attached hydrogen (secondary N) is 2. The molecule has 1 spiro atoms. The number of anilines is 1. The zero-order chi connectivity index (χ0) is 23.9. The van der Waals surface area contributed by atoms with Crippen molar-refractivity contribution in [2.24, 2.45) is 0 Å². The number of amides is 1. The van der Waals surface area contributed by atoms with Crippen molar-refractivity contribution in [3.05, 3.63) is 40.9 Å². The molecule has 1 saturated heterocycles. The second kappa shape index (κ2) is 9.15. The van der Waals surface area contributed by atoms with Crippen molar-refractivity contribution >= 4 is 40.1 Å². The van der Waals surface area contributed by atoms with Crippen molar-refractivity contribution in [2.45, 2.75) is 44.6 Å². The molecule has 5 rings (SSSR count). The number of hydrogen-bond acceptors (Lipinski definition) is 7. The number of benzene rings is 1. The summed E-state index contributed by atoms with van der Waals surface area (Å²) in [5.74, 6) is 0.673. The number of esters is 1. The Bertz CT molecular complexity index is 1130. The molecule has 0 radical (unpaired) electrons. The van der Waals surface area contributed by atoms with Gasteiger partial charge in [-0.1, -0.05) is 37.4 Å². The van der Waals surface area contributed by atoms with E-state index in [0.29, 0.717) is 49.2 Å². The summed E-state index contributed by atoms with van der Waals surface area (Å²) in [6.07, 6.45) is 5.34. The zero-order valence-corrected chi connectivity index (χ0v) is 20.3. The molecule has 3 aliphatic rings. The smallest absolute Gasteiger partial charge is 0.320 e. The topological polar surface area (TPSA) is 87.1 Å². The first-order valence-electron chi connectivity index (χ1n) is 12.1. The fourth-order valence-electron chi connectivity index (χ4n) is 5.55. The Morgan fingerprint density at radius 1 is 1.18 bits per heavy atom. The molecule has 9 heteroatoms. The van der Waals surface area contributed by atoms with E-state index in [9.17, 15) is 9.59 Å². The molecule has 2 aliphatic heterocycles. The third-order valence-electron chi connectivity index (χ3n) is 7.14. The van der Waals surface area contributed by atoms with Crippen LogP contribution in [-0.2, 0) is 15.1 Å². The highest BCUT2D eigenvalue weighted by Gasteiger charge is 2.42. The number of nitrogens with zero attached hydrogens (tertiary/aromatic N) is 2. The minimum atomic E-state index is -0.296. The number of ether oxygens (including phenoxy) is 1. The lowest BCUT2D eigenvalue weighted by molar-refractivity contribution is -0.144. The molecule has 1 aliphatic carbocycles. The van der Waals surface area contributed by atoms with E-state index in [2.05, 4.69) is 17.2 Å². The number of fused-ring (bicyclic) bond motifs is 4. The molecule has 2 fully saturated rings. The Morgan fingerprint density at radius 3 is 2.62 bits per heavy atom. The predicted octanol–water partition coefficient (Wildman–Crippen LogP) is 4.05. The molecule has 8 nitrogen and oxygen atoms in total. The van der Waals surface area contributed by atoms with Crippen LogP contribution in [0.5, 0.6) is 0 Å². The molecule has 0 bridgehead atoms. The van der Waals surface area contributed by atoms with E-state index in [0.717, 1.165) is 48.1 Å². The van der Waals surface area contributed by atoms with Crippen LogP contribution in [0.4, 0.5) is 5.69 Å². The summed E-state index contributed by atoms with van der Waals surface area (Å²) in [6, 6.07) is 3.66. The lowest BCUT2D eigenvalue weighted by atomic mass is 9.74. The molecule has 1 aromatic heterocycles. The van der Waals surface area contributed by atoms with E-state index < -0.39 is 0 Å². The number of hydrogen-bond donors (Lipinski definition) is 2. The molecule has 2 N–H and O–H groups in total. The number of rotatable bonds is 4. The predicted molar refractivity (Wildman–Crippen MR) is 131 cm³/mol. The van der Waals surface area contributed by atoms with Gasteiger partial charge in [0.1, 0.15) is 5.58 Å². The van der Waals surface area contributed by atoms with Gasteiger partial charge >= 0.3 is 5.97 Å². The van der Waals surface area contributed by atoms with Gasteiger partial charge in [0.15, 0.2) is 5.76 Å². The van der Waals surface area contributed by atoms with Gasteiger partial charge in [-0.2, -0.15) is 0 Å². The number of furan rings is 1. The van der Waals surface area contributed by atoms with E-state index in [4.69, 9.17) is 20.8 Å². The Hall–Kier alpha value is -2.71. The Morgan fingerprint density at radius 2 is 1.91 bits per heavy atom. The van der Waals surface area contributed by atoms with Gasteiger partial charge in [0.2, 0.25) is 0 Å². The van der Waals surface area contributed by atoms with Crippen LogP contribution in [0.2, 0.25) is 5.02 Å². The van der Waals surface area contributed by atoms with E-state index >= 15 is 0 Å². The first-order valence-corrected chi connectivity index (χ1v) is 12.5. The third kappa shape index (κ3) is 4.14. The van der Waals surface area contributed by atoms with E-state index in [1.54, 1.807) is 17.9 Å². The highest BCUT2D eigenvalue weighted by Crippen LogP contribution is 2.49. The second-order valence-corrected chi connectivity index (χ2v) is 9.79. The van der Waals surface area contributed by atoms with Crippen molar-refractivity contribution in [3.63, 3.8) is 0 Å². The molecule has 1 aromatic carbocycles. The fourth-order valence-corrected chi connectivity index (χ4v) is 5.81. The van der Waals surface area contributed by atoms with Crippen LogP contribution in [0.15, 0.2) is 28.9 Å². The Kier molecular flexibility index (Phi) is 6.20. The van der Waals surface area contributed by atoms with Crippen molar-refractivity contribution in [1.29, 1.82) is 0 Å². The van der Waals surface area contributed by atoms with Crippen molar-refractivity contribution < 1.29 is 18.7 Å². The zero-order valence-electron chi connectivity index (χ0n) is 19.5. The van der Waals surface area contributed by atoms with Gasteiger partial charge in [0.05, 0.1) is 35.2 Å². The molecule has 34 heavy (non-hydrogen) atoms. The van der Waals surface area contributed by atoms with Crippen LogP contribution in [0.3, 0.4) is 0 Å². The number of halogens is 1. The van der Waals surface area contributed by atoms with Gasteiger partial charge in [0, 0.05) is 37.1 Å². The van der Waals surface area contributed by atoms with Gasteiger partial charge < -0.3 is 24.7 Å². The summed E-state index contributed by atoms with van der Waals surface area (Å²) in [5.41, 5.74) is 2.23. The van der Waals surface area contributed by atoms with Crippen LogP contribution >= 0.6 is 11.6 Å². The standard InChI is InChI=1S/C25H31ClN4O4/c1-3-33-20(31)15-29-9-11-30(12-10-29)24(32)19-14-17-13-18(26)22-21(23(17)34-19)25(28-16(2)27-22)7-5-4-6-8-25/h13-14,27-28H,2-12,15H2,1H3. The van der Waals surface area contributed by atoms with Crippen LogP contribution in [0, 0.1) is 0 Å². The molecule has 0 atom stereocenters. The van der Waals surface area contributed by atoms with E-state index in [-0.39, 0.29) is 24.0 Å². The van der Waals surface area contributed by atoms with Gasteiger partial charge in [0.25, 0.3) is 5.91 Å². The summed E-state index contributed by atoms with van der Waals surface area (Å²) in [7, 11) is 0. The SMILES string of the molecule is C=C1Nc2c(Cl)cc3cc(C(=O)N4CCN(CC(=O)OCC)CC4)oc3c2C2(CCCCC2)N1. The van der Waals surface area contributed by atoms with Crippen LogP contribution in [0.1, 0.15) is 55.1 Å². The molecule has 182 valence electrons. The molecule has 1 saturated carbocycles. The normalized spacial score (nSPS) is 20.1. The lowest BCUT2D eigenvalue weighted by Crippen LogP contribution is -2.50. The summed E-state index contributed by atoms with van der Waals surface area (Å²) < 4.78 is 11.3. The van der Waals surface area contributed by atoms with E-state index in [1.165, 1.54) is 6.42 Å². The lowest BCUT2D eigenvalue weighted by Gasteiger charge is -2.44. The molecule has 3 heterocycles. The summed E-state index contributed by atoms with van der Waals surface area (Å²) >= 11 is 6.69. The maximum atomic E-state index is 13.3. The minimum absolute atomic E-state index is 0.143. The highest BCUT2D eigenvalue weighted by molar-refractivity contribution is 6.34. The molecule has 1 amide bonds. The molecular formula is C25H31ClN4O4. The van der Waals surface area contributed by atoms with Crippen LogP contribution in [-0.4, -0.2) is 61.0 Å². The highest BCUT2D eigenvalue weighted by atomic mass is 35.5. The quantitative estimate of drug-likeness (QED) is 0.630. The largest absolute Gasteiger partial charge is 0.465 e. The van der Waals surface area contributed by atoms with Crippen molar-refractivity contribution in [3.8, 4) is 0 Å². The Balaban J connectivity index is 1.41. The maximum absolute atomic E-state index is 13.3. The monoisotopic (exact) mass is 486 g/mol. The number of carbonyl (C=O) groups is 2. The molecule has 2 aromatic rings. The summed E-state index contributed by atoms with van der Waals surface area (Å²) in [5, 5.41) is 8.29. The van der Waals surface area contributed by atoms with Gasteiger partial charge in [-0.15, -0.1) is 0 Å². The molecule has 0 unspecified atom stereocenters. The van der Waals surface area contributed by atoms with E-state index in [1.807, 2.05) is 11.0 Å². The van der Waals surface area contributed by atoms with Crippen molar-refractivity contribution in [1.82, 2.24) is 15.1 Å². The second-order valence-electron chi connectivity index (χ2n) is 9.38.